The Morgan fingerprint density at radius 2 is 1.94 bits per heavy atom. The summed E-state index contributed by atoms with van der Waals surface area (Å²) in [6.45, 7) is 10.5. The lowest BCUT2D eigenvalue weighted by Gasteiger charge is -2.20. The molecule has 0 amide bonds. The highest BCUT2D eigenvalue weighted by atomic mass is 16.1. The Hall–Kier alpha value is -1.11. The van der Waals surface area contributed by atoms with Gasteiger partial charge in [0.2, 0.25) is 0 Å². The highest BCUT2D eigenvalue weighted by Gasteiger charge is 2.17. The van der Waals surface area contributed by atoms with E-state index in [-0.39, 0.29) is 17.1 Å². The van der Waals surface area contributed by atoms with Gasteiger partial charge in [0.1, 0.15) is 0 Å². The monoisotopic (exact) mass is 218 g/mol. The van der Waals surface area contributed by atoms with Crippen LogP contribution >= 0.6 is 0 Å². The second-order valence-corrected chi connectivity index (χ2v) is 5.50. The molecule has 16 heavy (non-hydrogen) atoms. The molecule has 1 aromatic carbocycles. The molecular formula is C15H22O. The van der Waals surface area contributed by atoms with Crippen molar-refractivity contribution in [1.82, 2.24) is 0 Å². The average Bonchev–Trinajstić information content (AvgIpc) is 2.26. The van der Waals surface area contributed by atoms with Gasteiger partial charge in [-0.3, -0.25) is 4.79 Å². The Labute approximate surface area is 98.9 Å². The average molecular weight is 218 g/mol. The van der Waals surface area contributed by atoms with E-state index in [9.17, 15) is 4.79 Å². The highest BCUT2D eigenvalue weighted by Crippen LogP contribution is 2.24. The predicted molar refractivity (Wildman–Crippen MR) is 68.9 cm³/mol. The van der Waals surface area contributed by atoms with Gasteiger partial charge in [0.25, 0.3) is 0 Å². The number of rotatable bonds is 3. The summed E-state index contributed by atoms with van der Waals surface area (Å²) in [4.78, 5) is 12.1. The molecule has 1 heteroatoms. The Kier molecular flexibility index (Phi) is 3.90. The van der Waals surface area contributed by atoms with E-state index in [1.165, 1.54) is 5.56 Å². The van der Waals surface area contributed by atoms with E-state index in [4.69, 9.17) is 0 Å². The second kappa shape index (κ2) is 4.82. The van der Waals surface area contributed by atoms with Gasteiger partial charge in [-0.25, -0.2) is 0 Å². The molecule has 0 bridgehead atoms. The first kappa shape index (κ1) is 13.0. The Balaban J connectivity index is 3.04. The van der Waals surface area contributed by atoms with E-state index < -0.39 is 0 Å². The Morgan fingerprint density at radius 1 is 1.31 bits per heavy atom. The molecule has 0 heterocycles. The zero-order chi connectivity index (χ0) is 12.3. The van der Waals surface area contributed by atoms with Crippen molar-refractivity contribution < 1.29 is 4.79 Å². The van der Waals surface area contributed by atoms with Crippen molar-refractivity contribution in [2.75, 3.05) is 0 Å². The molecule has 0 aliphatic carbocycles. The lowest BCUT2D eigenvalue weighted by molar-refractivity contribution is 0.0927. The number of benzene rings is 1. The molecule has 1 aromatic rings. The first-order valence-electron chi connectivity index (χ1n) is 6.01. The third-order valence-corrected chi connectivity index (χ3v) is 3.07. The zero-order valence-corrected chi connectivity index (χ0v) is 11.0. The summed E-state index contributed by atoms with van der Waals surface area (Å²) in [6, 6.07) is 8.03. The minimum atomic E-state index is 0.103. The molecule has 0 spiro atoms. The van der Waals surface area contributed by atoms with Gasteiger partial charge in [0, 0.05) is 11.5 Å². The molecule has 1 atom stereocenters. The minimum absolute atomic E-state index is 0.103. The Bertz CT molecular complexity index is 371. The summed E-state index contributed by atoms with van der Waals surface area (Å²) >= 11 is 0. The van der Waals surface area contributed by atoms with Gasteiger partial charge in [0.05, 0.1) is 0 Å². The number of Topliss-reactive ketones (excluding diaryl/α,β-unsaturated/α-hetero) is 1. The van der Waals surface area contributed by atoms with Crippen molar-refractivity contribution >= 4 is 5.78 Å². The normalized spacial score (nSPS) is 13.6. The first-order valence-corrected chi connectivity index (χ1v) is 6.01. The van der Waals surface area contributed by atoms with Crippen LogP contribution in [-0.4, -0.2) is 5.78 Å². The minimum Gasteiger partial charge on any atom is -0.294 e. The van der Waals surface area contributed by atoms with Gasteiger partial charge in [-0.2, -0.15) is 0 Å². The molecule has 1 unspecified atom stereocenters. The molecule has 1 nitrogen and oxygen atoms in total. The molecule has 0 radical (unpaired) electrons. The highest BCUT2D eigenvalue weighted by molar-refractivity contribution is 5.97. The molecule has 1 rings (SSSR count). The Morgan fingerprint density at radius 3 is 2.44 bits per heavy atom. The van der Waals surface area contributed by atoms with Crippen LogP contribution in [0.1, 0.15) is 57.0 Å². The fraction of sp³-hybridized carbons (Fsp3) is 0.533. The van der Waals surface area contributed by atoms with Crippen LogP contribution in [-0.2, 0) is 5.41 Å². The molecule has 0 aliphatic heterocycles. The smallest absolute Gasteiger partial charge is 0.165 e. The number of carbonyl (C=O) groups is 1. The third kappa shape index (κ3) is 2.94. The van der Waals surface area contributed by atoms with Crippen LogP contribution in [0.3, 0.4) is 0 Å². The van der Waals surface area contributed by atoms with E-state index in [1.807, 2.05) is 25.1 Å². The summed E-state index contributed by atoms with van der Waals surface area (Å²) in [5.41, 5.74) is 2.18. The van der Waals surface area contributed by atoms with E-state index in [0.717, 1.165) is 12.0 Å². The number of ketones is 1. The van der Waals surface area contributed by atoms with Crippen LogP contribution in [0.4, 0.5) is 0 Å². The van der Waals surface area contributed by atoms with Crippen LogP contribution in [0.2, 0.25) is 0 Å². The summed E-state index contributed by atoms with van der Waals surface area (Å²) in [6.07, 6.45) is 0.901. The molecule has 0 N–H and O–H groups in total. The standard InChI is InChI=1S/C15H22O/c1-6-11(2)14(16)12-8-7-9-13(10-12)15(3,4)5/h7-11H,6H2,1-5H3. The first-order chi connectivity index (χ1) is 7.36. The van der Waals surface area contributed by atoms with E-state index in [2.05, 4.69) is 33.8 Å². The molecule has 0 fully saturated rings. The van der Waals surface area contributed by atoms with Crippen molar-refractivity contribution in [2.24, 2.45) is 5.92 Å². The fourth-order valence-corrected chi connectivity index (χ4v) is 1.61. The lowest BCUT2D eigenvalue weighted by atomic mass is 9.85. The SMILES string of the molecule is CCC(C)C(=O)c1cccc(C(C)(C)C)c1. The van der Waals surface area contributed by atoms with Crippen molar-refractivity contribution in [1.29, 1.82) is 0 Å². The molecule has 0 aromatic heterocycles. The third-order valence-electron chi connectivity index (χ3n) is 3.07. The van der Waals surface area contributed by atoms with E-state index in [1.54, 1.807) is 0 Å². The largest absolute Gasteiger partial charge is 0.294 e. The topological polar surface area (TPSA) is 17.1 Å². The number of carbonyl (C=O) groups excluding carboxylic acids is 1. The van der Waals surface area contributed by atoms with Gasteiger partial charge in [-0.1, -0.05) is 52.8 Å². The molecule has 88 valence electrons. The van der Waals surface area contributed by atoms with Crippen molar-refractivity contribution in [3.8, 4) is 0 Å². The predicted octanol–water partition coefficient (Wildman–Crippen LogP) is 4.21. The van der Waals surface area contributed by atoms with Crippen molar-refractivity contribution in [3.63, 3.8) is 0 Å². The zero-order valence-electron chi connectivity index (χ0n) is 11.0. The maximum Gasteiger partial charge on any atom is 0.165 e. The van der Waals surface area contributed by atoms with E-state index >= 15 is 0 Å². The summed E-state index contributed by atoms with van der Waals surface area (Å²) in [5, 5.41) is 0. The van der Waals surface area contributed by atoms with Gasteiger partial charge in [-0.15, -0.1) is 0 Å². The molecular weight excluding hydrogens is 196 g/mol. The van der Waals surface area contributed by atoms with Gasteiger partial charge in [-0.05, 0) is 23.5 Å². The van der Waals surface area contributed by atoms with Gasteiger partial charge < -0.3 is 0 Å². The van der Waals surface area contributed by atoms with Crippen LogP contribution < -0.4 is 0 Å². The summed E-state index contributed by atoms with van der Waals surface area (Å²) in [7, 11) is 0. The molecule has 0 aliphatic rings. The summed E-state index contributed by atoms with van der Waals surface area (Å²) in [5.74, 6) is 0.379. The van der Waals surface area contributed by atoms with Crippen molar-refractivity contribution in [3.05, 3.63) is 35.4 Å². The van der Waals surface area contributed by atoms with Gasteiger partial charge >= 0.3 is 0 Å². The lowest BCUT2D eigenvalue weighted by Crippen LogP contribution is -2.14. The van der Waals surface area contributed by atoms with Gasteiger partial charge in [0.15, 0.2) is 5.78 Å². The maximum atomic E-state index is 12.1. The van der Waals surface area contributed by atoms with Crippen LogP contribution in [0.5, 0.6) is 0 Å². The number of hydrogen-bond donors (Lipinski definition) is 0. The summed E-state index contributed by atoms with van der Waals surface area (Å²) < 4.78 is 0. The molecule has 0 saturated carbocycles. The quantitative estimate of drug-likeness (QED) is 0.694. The van der Waals surface area contributed by atoms with Crippen LogP contribution in [0, 0.1) is 5.92 Å². The number of hydrogen-bond acceptors (Lipinski definition) is 1. The maximum absolute atomic E-state index is 12.1. The van der Waals surface area contributed by atoms with Crippen LogP contribution in [0.15, 0.2) is 24.3 Å². The van der Waals surface area contributed by atoms with E-state index in [0.29, 0.717) is 0 Å². The molecule has 0 saturated heterocycles. The second-order valence-electron chi connectivity index (χ2n) is 5.50. The van der Waals surface area contributed by atoms with Crippen LogP contribution in [0.25, 0.3) is 0 Å². The van der Waals surface area contributed by atoms with Crippen molar-refractivity contribution in [2.45, 2.75) is 46.5 Å². The fourth-order valence-electron chi connectivity index (χ4n) is 1.61.